The zero-order valence-corrected chi connectivity index (χ0v) is 12.9. The van der Waals surface area contributed by atoms with Crippen LogP contribution in [0.4, 0.5) is 0 Å². The summed E-state index contributed by atoms with van der Waals surface area (Å²) in [7, 11) is 1.93. The lowest BCUT2D eigenvalue weighted by molar-refractivity contribution is 0.0681. The highest BCUT2D eigenvalue weighted by Gasteiger charge is 2.36. The Morgan fingerprint density at radius 2 is 2.10 bits per heavy atom. The number of aryl methyl sites for hydroxylation is 1. The minimum atomic E-state index is 0. The quantitative estimate of drug-likeness (QED) is 0.924. The molecule has 0 saturated carbocycles. The van der Waals surface area contributed by atoms with Gasteiger partial charge in [0.15, 0.2) is 0 Å². The van der Waals surface area contributed by atoms with E-state index in [0.717, 1.165) is 19.4 Å². The second-order valence-corrected chi connectivity index (χ2v) is 5.76. The molecule has 3 rings (SSSR count). The first-order valence-electron chi connectivity index (χ1n) is 7.23. The van der Waals surface area contributed by atoms with E-state index < -0.39 is 0 Å². The van der Waals surface area contributed by atoms with Crippen molar-refractivity contribution < 1.29 is 4.79 Å². The summed E-state index contributed by atoms with van der Waals surface area (Å²) in [6, 6.07) is 1.59. The second kappa shape index (κ2) is 6.14. The zero-order valence-electron chi connectivity index (χ0n) is 12.1. The van der Waals surface area contributed by atoms with Gasteiger partial charge in [0.25, 0.3) is 5.91 Å². The van der Waals surface area contributed by atoms with Gasteiger partial charge < -0.3 is 10.2 Å². The lowest BCUT2D eigenvalue weighted by Crippen LogP contribution is -2.48. The van der Waals surface area contributed by atoms with Crippen molar-refractivity contribution in [2.45, 2.75) is 57.3 Å². The van der Waals surface area contributed by atoms with Crippen LogP contribution in [0.1, 0.15) is 43.0 Å². The molecule has 0 aliphatic carbocycles. The predicted octanol–water partition coefficient (Wildman–Crippen LogP) is 1.68. The van der Waals surface area contributed by atoms with Crippen molar-refractivity contribution in [1.29, 1.82) is 0 Å². The summed E-state index contributed by atoms with van der Waals surface area (Å²) in [5, 5.41) is 7.80. The number of fused-ring (bicyclic) bond motifs is 2. The molecule has 6 heteroatoms. The Bertz CT molecular complexity index is 463. The van der Waals surface area contributed by atoms with Crippen LogP contribution in [0.5, 0.6) is 0 Å². The number of rotatable bonds is 3. The molecule has 20 heavy (non-hydrogen) atoms. The molecule has 3 heterocycles. The number of nitrogens with one attached hydrogen (secondary N) is 1. The number of piperidine rings is 1. The highest BCUT2D eigenvalue weighted by molar-refractivity contribution is 5.93. The van der Waals surface area contributed by atoms with E-state index in [9.17, 15) is 4.79 Å². The summed E-state index contributed by atoms with van der Waals surface area (Å²) in [4.78, 5) is 14.4. The average molecular weight is 299 g/mol. The molecular weight excluding hydrogens is 276 g/mol. The van der Waals surface area contributed by atoms with Crippen molar-refractivity contribution in [3.63, 3.8) is 0 Å². The van der Waals surface area contributed by atoms with E-state index in [1.165, 1.54) is 12.8 Å². The van der Waals surface area contributed by atoms with Crippen LogP contribution < -0.4 is 5.32 Å². The Morgan fingerprint density at radius 1 is 1.45 bits per heavy atom. The lowest BCUT2D eigenvalue weighted by Gasteiger charge is -2.35. The van der Waals surface area contributed by atoms with Crippen molar-refractivity contribution >= 4 is 18.3 Å². The number of aromatic nitrogens is 2. The highest BCUT2D eigenvalue weighted by Crippen LogP contribution is 2.29. The Balaban J connectivity index is 0.00000147. The molecule has 2 saturated heterocycles. The molecule has 2 aliphatic heterocycles. The molecule has 1 N–H and O–H groups in total. The molecular formula is C14H23ClN4O. The number of carbonyl (C=O) groups excluding carboxylic acids is 1. The third-order valence-corrected chi connectivity index (χ3v) is 4.52. The first-order chi connectivity index (χ1) is 9.17. The van der Waals surface area contributed by atoms with Crippen LogP contribution in [0.15, 0.2) is 12.4 Å². The van der Waals surface area contributed by atoms with E-state index in [1.54, 1.807) is 10.9 Å². The first-order valence-corrected chi connectivity index (χ1v) is 7.23. The van der Waals surface area contributed by atoms with Gasteiger partial charge in [-0.3, -0.25) is 9.48 Å². The molecule has 2 bridgehead atoms. The van der Waals surface area contributed by atoms with Crippen LogP contribution in [-0.2, 0) is 6.54 Å². The Labute approximate surface area is 126 Å². The topological polar surface area (TPSA) is 50.2 Å². The molecule has 1 aromatic rings. The summed E-state index contributed by atoms with van der Waals surface area (Å²) >= 11 is 0. The van der Waals surface area contributed by atoms with Gasteiger partial charge in [-0.05, 0) is 32.6 Å². The summed E-state index contributed by atoms with van der Waals surface area (Å²) in [5.74, 6) is 0.103. The Morgan fingerprint density at radius 3 is 2.65 bits per heavy atom. The normalized spacial score (nSPS) is 28.0. The Hall–Kier alpha value is -1.07. The summed E-state index contributed by atoms with van der Waals surface area (Å²) in [6.07, 6.45) is 8.21. The van der Waals surface area contributed by atoms with Crippen LogP contribution in [0.25, 0.3) is 0 Å². The van der Waals surface area contributed by atoms with E-state index in [2.05, 4.69) is 10.4 Å². The smallest absolute Gasteiger partial charge is 0.257 e. The monoisotopic (exact) mass is 298 g/mol. The van der Waals surface area contributed by atoms with Crippen molar-refractivity contribution in [1.82, 2.24) is 20.0 Å². The molecule has 5 nitrogen and oxygen atoms in total. The van der Waals surface area contributed by atoms with Crippen molar-refractivity contribution in [3.05, 3.63) is 18.0 Å². The average Bonchev–Trinajstić information content (AvgIpc) is 3.03. The third-order valence-electron chi connectivity index (χ3n) is 4.52. The predicted molar refractivity (Wildman–Crippen MR) is 80.2 cm³/mol. The van der Waals surface area contributed by atoms with E-state index >= 15 is 0 Å². The van der Waals surface area contributed by atoms with Crippen LogP contribution in [0.3, 0.4) is 0 Å². The standard InChI is InChI=1S/C14H22N4O.ClH/c1-3-18-9-10(8-15-18)14(19)17(2)13-6-11-4-5-12(7-13)16-11;/h8-9,11-13,16H,3-7H2,1-2H3;1H. The van der Waals surface area contributed by atoms with Crippen molar-refractivity contribution in [2.24, 2.45) is 0 Å². The van der Waals surface area contributed by atoms with Crippen molar-refractivity contribution in [2.75, 3.05) is 7.05 Å². The summed E-state index contributed by atoms with van der Waals surface area (Å²) in [6.45, 7) is 2.82. The van der Waals surface area contributed by atoms with Gasteiger partial charge in [0.05, 0.1) is 11.8 Å². The van der Waals surface area contributed by atoms with Crippen LogP contribution in [0, 0.1) is 0 Å². The van der Waals surface area contributed by atoms with Crippen LogP contribution in [-0.4, -0.2) is 45.8 Å². The largest absolute Gasteiger partial charge is 0.339 e. The van der Waals surface area contributed by atoms with Gasteiger partial charge in [0, 0.05) is 37.9 Å². The van der Waals surface area contributed by atoms with E-state index in [1.807, 2.05) is 25.1 Å². The second-order valence-electron chi connectivity index (χ2n) is 5.76. The van der Waals surface area contributed by atoms with E-state index in [0.29, 0.717) is 23.7 Å². The minimum Gasteiger partial charge on any atom is -0.339 e. The van der Waals surface area contributed by atoms with Crippen LogP contribution >= 0.6 is 12.4 Å². The number of carbonyl (C=O) groups is 1. The number of amides is 1. The summed E-state index contributed by atoms with van der Waals surface area (Å²) in [5.41, 5.74) is 0.704. The molecule has 2 fully saturated rings. The molecule has 0 radical (unpaired) electrons. The number of hydrogen-bond acceptors (Lipinski definition) is 3. The fourth-order valence-corrected chi connectivity index (χ4v) is 3.36. The molecule has 2 unspecified atom stereocenters. The maximum Gasteiger partial charge on any atom is 0.257 e. The zero-order chi connectivity index (χ0) is 13.4. The lowest BCUT2D eigenvalue weighted by atomic mass is 9.98. The third kappa shape index (κ3) is 2.83. The van der Waals surface area contributed by atoms with Gasteiger partial charge in [-0.15, -0.1) is 12.4 Å². The molecule has 112 valence electrons. The SMILES string of the molecule is CCn1cc(C(=O)N(C)C2CC3CCC(C2)N3)cn1.Cl. The Kier molecular flexibility index (Phi) is 4.70. The molecule has 0 aromatic carbocycles. The van der Waals surface area contributed by atoms with Crippen molar-refractivity contribution in [3.8, 4) is 0 Å². The minimum absolute atomic E-state index is 0. The highest BCUT2D eigenvalue weighted by atomic mass is 35.5. The van der Waals surface area contributed by atoms with Gasteiger partial charge in [0.1, 0.15) is 0 Å². The summed E-state index contributed by atoms with van der Waals surface area (Å²) < 4.78 is 1.80. The maximum atomic E-state index is 12.5. The molecule has 0 spiro atoms. The maximum absolute atomic E-state index is 12.5. The molecule has 1 amide bonds. The number of hydrogen-bond donors (Lipinski definition) is 1. The number of halogens is 1. The molecule has 2 atom stereocenters. The van der Waals surface area contributed by atoms with Crippen LogP contribution in [0.2, 0.25) is 0 Å². The van der Waals surface area contributed by atoms with E-state index in [-0.39, 0.29) is 18.3 Å². The van der Waals surface area contributed by atoms with Gasteiger partial charge in [0.2, 0.25) is 0 Å². The number of nitrogens with zero attached hydrogens (tertiary/aromatic N) is 3. The first kappa shape index (κ1) is 15.3. The fraction of sp³-hybridized carbons (Fsp3) is 0.714. The van der Waals surface area contributed by atoms with Gasteiger partial charge in [-0.2, -0.15) is 5.10 Å². The van der Waals surface area contributed by atoms with E-state index in [4.69, 9.17) is 0 Å². The van der Waals surface area contributed by atoms with Gasteiger partial charge >= 0.3 is 0 Å². The fourth-order valence-electron chi connectivity index (χ4n) is 3.36. The van der Waals surface area contributed by atoms with Gasteiger partial charge in [-0.1, -0.05) is 0 Å². The van der Waals surface area contributed by atoms with Gasteiger partial charge in [-0.25, -0.2) is 0 Å². The molecule has 2 aliphatic rings. The molecule has 1 aromatic heterocycles.